The molecule has 0 spiro atoms. The molecule has 0 saturated carbocycles. The normalized spacial score (nSPS) is 13.5. The van der Waals surface area contributed by atoms with Crippen LogP contribution >= 0.6 is 0 Å². The number of aromatic nitrogens is 2. The topological polar surface area (TPSA) is 134 Å². The number of nitro groups is 1. The van der Waals surface area contributed by atoms with Gasteiger partial charge in [-0.1, -0.05) is 24.3 Å². The van der Waals surface area contributed by atoms with Gasteiger partial charge < -0.3 is 14.8 Å². The minimum absolute atomic E-state index is 0.143. The van der Waals surface area contributed by atoms with Gasteiger partial charge in [0, 0.05) is 47.3 Å². The first kappa shape index (κ1) is 29.1. The van der Waals surface area contributed by atoms with Crippen LogP contribution in [-0.2, 0) is 31.9 Å². The third-order valence-corrected chi connectivity index (χ3v) is 6.69. The Balaban J connectivity index is 1.53. The van der Waals surface area contributed by atoms with Gasteiger partial charge in [-0.2, -0.15) is 0 Å². The Bertz CT molecular complexity index is 1370. The molecule has 0 amide bonds. The number of dihydropyridines is 1. The van der Waals surface area contributed by atoms with Crippen molar-refractivity contribution in [3.63, 3.8) is 0 Å². The van der Waals surface area contributed by atoms with Gasteiger partial charge in [0.05, 0.1) is 35.2 Å². The van der Waals surface area contributed by atoms with Crippen molar-refractivity contribution >= 4 is 17.6 Å². The number of nitro benzene ring substituents is 1. The highest BCUT2D eigenvalue weighted by Gasteiger charge is 2.38. The predicted octanol–water partition coefficient (Wildman–Crippen LogP) is 4.97. The number of benzene rings is 1. The second-order valence-electron chi connectivity index (χ2n) is 9.61. The maximum atomic E-state index is 13.5. The van der Waals surface area contributed by atoms with Crippen molar-refractivity contribution in [2.45, 2.75) is 45.4 Å². The Hall–Kier alpha value is -4.86. The Labute approximate surface area is 238 Å². The van der Waals surface area contributed by atoms with Crippen molar-refractivity contribution in [2.24, 2.45) is 0 Å². The Kier molecular flexibility index (Phi) is 9.93. The van der Waals surface area contributed by atoms with Crippen molar-refractivity contribution in [1.29, 1.82) is 0 Å². The van der Waals surface area contributed by atoms with Crippen LogP contribution in [0.4, 0.5) is 5.69 Å². The number of ether oxygens (including phenoxy) is 2. The molecule has 10 nitrogen and oxygen atoms in total. The van der Waals surface area contributed by atoms with E-state index in [4.69, 9.17) is 9.47 Å². The summed E-state index contributed by atoms with van der Waals surface area (Å²) >= 11 is 0. The van der Waals surface area contributed by atoms with Crippen LogP contribution in [0.5, 0.6) is 0 Å². The van der Waals surface area contributed by atoms with E-state index in [1.165, 1.54) is 18.2 Å². The number of hydrogen-bond donors (Lipinski definition) is 1. The van der Waals surface area contributed by atoms with Gasteiger partial charge in [-0.05, 0) is 69.4 Å². The number of allylic oxidation sites excluding steroid dienone is 2. The van der Waals surface area contributed by atoms with Gasteiger partial charge in [0.25, 0.3) is 5.69 Å². The summed E-state index contributed by atoms with van der Waals surface area (Å²) in [4.78, 5) is 46.5. The molecular formula is C31H32N4O6. The van der Waals surface area contributed by atoms with Crippen LogP contribution in [0.2, 0.25) is 0 Å². The molecule has 0 fully saturated rings. The van der Waals surface area contributed by atoms with Crippen LogP contribution in [0.25, 0.3) is 0 Å². The van der Waals surface area contributed by atoms with Crippen LogP contribution < -0.4 is 5.32 Å². The number of esters is 2. The average Bonchev–Trinajstić information content (AvgIpc) is 2.98. The molecule has 41 heavy (non-hydrogen) atoms. The Morgan fingerprint density at radius 3 is 1.83 bits per heavy atom. The zero-order valence-corrected chi connectivity index (χ0v) is 23.0. The molecule has 0 radical (unpaired) electrons. The monoisotopic (exact) mass is 556 g/mol. The highest BCUT2D eigenvalue weighted by molar-refractivity contribution is 6.00. The number of rotatable bonds is 12. The number of non-ortho nitro benzene ring substituents is 1. The molecule has 0 unspecified atom stereocenters. The number of carbonyl (C=O) groups excluding carboxylic acids is 2. The summed E-state index contributed by atoms with van der Waals surface area (Å²) in [5.74, 6) is -2.14. The lowest BCUT2D eigenvalue weighted by Crippen LogP contribution is -2.32. The van der Waals surface area contributed by atoms with E-state index in [1.807, 2.05) is 36.4 Å². The largest absolute Gasteiger partial charge is 0.462 e. The summed E-state index contributed by atoms with van der Waals surface area (Å²) in [6, 6.07) is 17.2. The zero-order valence-electron chi connectivity index (χ0n) is 23.0. The van der Waals surface area contributed by atoms with Gasteiger partial charge in [0.1, 0.15) is 0 Å². The molecule has 0 aliphatic carbocycles. The maximum absolute atomic E-state index is 13.5. The highest BCUT2D eigenvalue weighted by Crippen LogP contribution is 2.40. The van der Waals surface area contributed by atoms with Crippen molar-refractivity contribution in [3.8, 4) is 0 Å². The van der Waals surface area contributed by atoms with Gasteiger partial charge in [0.15, 0.2) is 0 Å². The molecule has 1 N–H and O–H groups in total. The van der Waals surface area contributed by atoms with Crippen molar-refractivity contribution in [2.75, 3.05) is 13.2 Å². The maximum Gasteiger partial charge on any atom is 0.336 e. The zero-order chi connectivity index (χ0) is 29.2. The van der Waals surface area contributed by atoms with Gasteiger partial charge >= 0.3 is 11.9 Å². The quantitative estimate of drug-likeness (QED) is 0.142. The first-order valence-electron chi connectivity index (χ1n) is 13.4. The number of aryl methyl sites for hydroxylation is 2. The number of pyridine rings is 2. The summed E-state index contributed by atoms with van der Waals surface area (Å²) in [7, 11) is 0. The molecule has 1 aliphatic rings. The van der Waals surface area contributed by atoms with Crippen LogP contribution in [-0.4, -0.2) is 40.0 Å². The highest BCUT2D eigenvalue weighted by atomic mass is 16.6. The van der Waals surface area contributed by atoms with Crippen molar-refractivity contribution in [3.05, 3.63) is 123 Å². The first-order valence-corrected chi connectivity index (χ1v) is 13.4. The number of nitrogens with one attached hydrogen (secondary N) is 1. The molecule has 1 aromatic carbocycles. The van der Waals surface area contributed by atoms with E-state index < -0.39 is 22.8 Å². The molecule has 0 saturated heterocycles. The molecule has 3 aromatic rings. The van der Waals surface area contributed by atoms with E-state index >= 15 is 0 Å². The lowest BCUT2D eigenvalue weighted by atomic mass is 9.80. The average molecular weight is 557 g/mol. The lowest BCUT2D eigenvalue weighted by Gasteiger charge is -2.30. The predicted molar refractivity (Wildman–Crippen MR) is 151 cm³/mol. The van der Waals surface area contributed by atoms with E-state index in [0.717, 1.165) is 11.4 Å². The summed E-state index contributed by atoms with van der Waals surface area (Å²) in [6.45, 7) is 3.72. The van der Waals surface area contributed by atoms with Crippen molar-refractivity contribution in [1.82, 2.24) is 15.3 Å². The van der Waals surface area contributed by atoms with Crippen LogP contribution in [0.3, 0.4) is 0 Å². The van der Waals surface area contributed by atoms with E-state index in [1.54, 1.807) is 32.3 Å². The molecule has 0 bridgehead atoms. The SMILES string of the molecule is CC1=C(C(=O)OCCCc2ccccn2)C(c2cccc([N+](=O)[O-])c2)C(C(=O)OCCCc2ccccn2)=C(C)N1. The molecule has 0 atom stereocenters. The van der Waals surface area contributed by atoms with Gasteiger partial charge in [-0.15, -0.1) is 0 Å². The molecular weight excluding hydrogens is 524 g/mol. The van der Waals surface area contributed by atoms with Gasteiger partial charge in [-0.3, -0.25) is 20.1 Å². The summed E-state index contributed by atoms with van der Waals surface area (Å²) in [6.07, 6.45) is 5.80. The minimum atomic E-state index is -0.914. The summed E-state index contributed by atoms with van der Waals surface area (Å²) < 4.78 is 11.3. The fourth-order valence-corrected chi connectivity index (χ4v) is 4.77. The van der Waals surface area contributed by atoms with Crippen LogP contribution in [0.15, 0.2) is 95.6 Å². The first-order chi connectivity index (χ1) is 19.8. The lowest BCUT2D eigenvalue weighted by molar-refractivity contribution is -0.384. The van der Waals surface area contributed by atoms with Gasteiger partial charge in [0.2, 0.25) is 0 Å². The Morgan fingerprint density at radius 1 is 0.829 bits per heavy atom. The third-order valence-electron chi connectivity index (χ3n) is 6.69. The molecule has 4 rings (SSSR count). The number of nitrogens with zero attached hydrogens (tertiary/aromatic N) is 3. The summed E-state index contributed by atoms with van der Waals surface area (Å²) in [5.41, 5.74) is 3.45. The smallest absolute Gasteiger partial charge is 0.336 e. The van der Waals surface area contributed by atoms with Gasteiger partial charge in [-0.25, -0.2) is 9.59 Å². The second kappa shape index (κ2) is 14.0. The van der Waals surface area contributed by atoms with Crippen LogP contribution in [0.1, 0.15) is 49.6 Å². The second-order valence-corrected chi connectivity index (χ2v) is 9.61. The third kappa shape index (κ3) is 7.63. The summed E-state index contributed by atoms with van der Waals surface area (Å²) in [5, 5.41) is 14.7. The molecule has 212 valence electrons. The molecule has 2 aromatic heterocycles. The molecule has 3 heterocycles. The van der Waals surface area contributed by atoms with E-state index in [9.17, 15) is 19.7 Å². The molecule has 1 aliphatic heterocycles. The fraction of sp³-hybridized carbons (Fsp3) is 0.290. The standard InChI is InChI=1S/C31H32N4O6/c1-21-27(30(36)40-18-8-13-24-11-3-5-16-32-24)29(23-10-7-15-26(20-23)35(38)39)28(22(2)34-21)31(37)41-19-9-14-25-12-4-6-17-33-25/h3-7,10-12,15-17,20,29,34H,8-9,13-14,18-19H2,1-2H3. The number of carbonyl (C=O) groups is 2. The fourth-order valence-electron chi connectivity index (χ4n) is 4.77. The van der Waals surface area contributed by atoms with E-state index in [0.29, 0.717) is 42.6 Å². The molecule has 10 heteroatoms. The Morgan fingerprint density at radius 2 is 1.37 bits per heavy atom. The van der Waals surface area contributed by atoms with Crippen LogP contribution in [0, 0.1) is 10.1 Å². The minimum Gasteiger partial charge on any atom is -0.462 e. The van der Waals surface area contributed by atoms with E-state index in [2.05, 4.69) is 15.3 Å². The van der Waals surface area contributed by atoms with E-state index in [-0.39, 0.29) is 30.0 Å². The number of hydrogen-bond acceptors (Lipinski definition) is 9. The van der Waals surface area contributed by atoms with Crippen molar-refractivity contribution < 1.29 is 24.0 Å².